The van der Waals surface area contributed by atoms with Crippen LogP contribution in [-0.4, -0.2) is 19.9 Å². The molecular formula is C15H13FN4O. The third-order valence-corrected chi connectivity index (χ3v) is 2.93. The Morgan fingerprint density at radius 3 is 2.86 bits per heavy atom. The number of aromatic nitrogens is 3. The maximum atomic E-state index is 13.2. The van der Waals surface area contributed by atoms with Crippen molar-refractivity contribution in [2.24, 2.45) is 0 Å². The van der Waals surface area contributed by atoms with E-state index in [0.717, 1.165) is 11.8 Å². The van der Waals surface area contributed by atoms with Gasteiger partial charge in [-0.15, -0.1) is 0 Å². The highest BCUT2D eigenvalue weighted by molar-refractivity contribution is 5.56. The van der Waals surface area contributed by atoms with E-state index < -0.39 is 5.82 Å². The fourth-order valence-electron chi connectivity index (χ4n) is 2.04. The minimum atomic E-state index is -0.467. The highest BCUT2D eigenvalue weighted by Crippen LogP contribution is 2.19. The molecule has 1 aromatic carbocycles. The van der Waals surface area contributed by atoms with E-state index in [4.69, 9.17) is 0 Å². The van der Waals surface area contributed by atoms with Gasteiger partial charge in [0.15, 0.2) is 5.82 Å². The molecule has 21 heavy (non-hydrogen) atoms. The number of rotatable bonds is 4. The molecule has 0 saturated heterocycles. The summed E-state index contributed by atoms with van der Waals surface area (Å²) < 4.78 is 14.9. The summed E-state index contributed by atoms with van der Waals surface area (Å²) in [7, 11) is 0. The molecule has 3 rings (SSSR count). The topological polar surface area (TPSA) is 63.0 Å². The molecule has 0 aliphatic rings. The van der Waals surface area contributed by atoms with Gasteiger partial charge in [-0.25, -0.2) is 14.1 Å². The highest BCUT2D eigenvalue weighted by Gasteiger charge is 2.06. The van der Waals surface area contributed by atoms with Crippen LogP contribution in [0.15, 0.2) is 55.0 Å². The maximum absolute atomic E-state index is 13.2. The van der Waals surface area contributed by atoms with Gasteiger partial charge in [-0.3, -0.25) is 0 Å². The fraction of sp³-hybridized carbons (Fsp3) is 0.0667. The van der Waals surface area contributed by atoms with E-state index in [1.54, 1.807) is 29.3 Å². The Hall–Kier alpha value is -2.89. The smallest absolute Gasteiger partial charge is 0.176 e. The molecule has 3 aromatic rings. The summed E-state index contributed by atoms with van der Waals surface area (Å²) in [5.74, 6) is 0.0960. The third-order valence-electron chi connectivity index (χ3n) is 2.93. The van der Waals surface area contributed by atoms with Gasteiger partial charge in [0.1, 0.15) is 11.6 Å². The Morgan fingerprint density at radius 1 is 1.19 bits per heavy atom. The predicted octanol–water partition coefficient (Wildman–Crippen LogP) is 2.72. The van der Waals surface area contributed by atoms with Crippen LogP contribution in [0.2, 0.25) is 0 Å². The summed E-state index contributed by atoms with van der Waals surface area (Å²) in [6, 6.07) is 9.43. The summed E-state index contributed by atoms with van der Waals surface area (Å²) in [5, 5.41) is 16.7. The molecule has 0 saturated carbocycles. The molecule has 2 N–H and O–H groups in total. The molecule has 2 aromatic heterocycles. The van der Waals surface area contributed by atoms with Gasteiger partial charge in [-0.05, 0) is 35.9 Å². The number of hydrogen-bond donors (Lipinski definition) is 2. The largest absolute Gasteiger partial charge is 0.508 e. The second-order valence-electron chi connectivity index (χ2n) is 4.50. The molecule has 106 valence electrons. The lowest BCUT2D eigenvalue weighted by molar-refractivity contribution is 0.468. The molecular weight excluding hydrogens is 271 g/mol. The Balaban J connectivity index is 1.82. The number of nitrogens with one attached hydrogen (secondary N) is 1. The predicted molar refractivity (Wildman–Crippen MR) is 76.8 cm³/mol. The zero-order valence-electron chi connectivity index (χ0n) is 11.1. The monoisotopic (exact) mass is 284 g/mol. The number of pyridine rings is 1. The van der Waals surface area contributed by atoms with Crippen molar-refractivity contribution in [1.82, 2.24) is 14.8 Å². The Bertz CT molecular complexity index is 723. The van der Waals surface area contributed by atoms with Gasteiger partial charge in [-0.2, -0.15) is 5.10 Å². The van der Waals surface area contributed by atoms with E-state index in [9.17, 15) is 9.50 Å². The van der Waals surface area contributed by atoms with Crippen LogP contribution in [0.5, 0.6) is 5.75 Å². The van der Waals surface area contributed by atoms with E-state index in [1.165, 1.54) is 12.1 Å². The minimum absolute atomic E-state index is 0.0923. The molecule has 2 heterocycles. The lowest BCUT2D eigenvalue weighted by Gasteiger charge is -2.11. The van der Waals surface area contributed by atoms with Gasteiger partial charge in [0.2, 0.25) is 0 Å². The molecule has 0 atom stereocenters. The Labute approximate surface area is 120 Å². The van der Waals surface area contributed by atoms with Gasteiger partial charge in [0.25, 0.3) is 0 Å². The van der Waals surface area contributed by atoms with Crippen molar-refractivity contribution in [1.29, 1.82) is 0 Å². The number of phenols is 1. The lowest BCUT2D eigenvalue weighted by Crippen LogP contribution is -2.06. The first kappa shape index (κ1) is 13.1. The van der Waals surface area contributed by atoms with Crippen molar-refractivity contribution in [2.75, 3.05) is 5.32 Å². The highest BCUT2D eigenvalue weighted by atomic mass is 19.1. The Morgan fingerprint density at radius 2 is 2.10 bits per heavy atom. The summed E-state index contributed by atoms with van der Waals surface area (Å²) in [6.45, 7) is 0.366. The van der Waals surface area contributed by atoms with Gasteiger partial charge in [0, 0.05) is 31.2 Å². The molecule has 5 nitrogen and oxygen atoms in total. The van der Waals surface area contributed by atoms with Crippen LogP contribution in [0.3, 0.4) is 0 Å². The van der Waals surface area contributed by atoms with Crippen molar-refractivity contribution in [3.63, 3.8) is 0 Å². The second-order valence-corrected chi connectivity index (χ2v) is 4.50. The number of anilines is 1. The molecule has 0 amide bonds. The number of halogens is 1. The Kier molecular flexibility index (Phi) is 3.51. The van der Waals surface area contributed by atoms with E-state index in [1.807, 2.05) is 12.1 Å². The van der Waals surface area contributed by atoms with Crippen molar-refractivity contribution < 1.29 is 9.50 Å². The molecule has 0 unspecified atom stereocenters. The molecule has 0 aliphatic carbocycles. The van der Waals surface area contributed by atoms with Crippen molar-refractivity contribution in [2.45, 2.75) is 6.54 Å². The van der Waals surface area contributed by atoms with E-state index >= 15 is 0 Å². The van der Waals surface area contributed by atoms with Gasteiger partial charge in [-0.1, -0.05) is 0 Å². The molecule has 0 radical (unpaired) electrons. The van der Waals surface area contributed by atoms with E-state index in [2.05, 4.69) is 15.4 Å². The first-order chi connectivity index (χ1) is 10.2. The van der Waals surface area contributed by atoms with Crippen LogP contribution < -0.4 is 5.32 Å². The zero-order chi connectivity index (χ0) is 14.7. The molecule has 0 fully saturated rings. The van der Waals surface area contributed by atoms with Gasteiger partial charge < -0.3 is 10.4 Å². The fourth-order valence-corrected chi connectivity index (χ4v) is 2.04. The van der Waals surface area contributed by atoms with Crippen LogP contribution >= 0.6 is 0 Å². The summed E-state index contributed by atoms with van der Waals surface area (Å²) >= 11 is 0. The van der Waals surface area contributed by atoms with Crippen LogP contribution in [0, 0.1) is 5.82 Å². The second kappa shape index (κ2) is 5.62. The van der Waals surface area contributed by atoms with Crippen molar-refractivity contribution in [3.8, 4) is 11.6 Å². The number of hydrogen-bond acceptors (Lipinski definition) is 4. The van der Waals surface area contributed by atoms with Gasteiger partial charge >= 0.3 is 0 Å². The van der Waals surface area contributed by atoms with Crippen molar-refractivity contribution >= 4 is 5.69 Å². The maximum Gasteiger partial charge on any atom is 0.176 e. The molecule has 0 spiro atoms. The number of phenolic OH excluding ortho intramolecular Hbond substituents is 1. The van der Waals surface area contributed by atoms with Gasteiger partial charge in [0.05, 0.1) is 5.69 Å². The summed E-state index contributed by atoms with van der Waals surface area (Å²) in [6.07, 6.45) is 5.14. The minimum Gasteiger partial charge on any atom is -0.508 e. The third kappa shape index (κ3) is 3.00. The summed E-state index contributed by atoms with van der Waals surface area (Å²) in [4.78, 5) is 4.28. The number of aromatic hydroxyl groups is 1. The lowest BCUT2D eigenvalue weighted by atomic mass is 10.2. The average Bonchev–Trinajstić information content (AvgIpc) is 2.98. The average molecular weight is 284 g/mol. The normalized spacial score (nSPS) is 10.5. The molecule has 0 bridgehead atoms. The molecule has 0 aliphatic heterocycles. The van der Waals surface area contributed by atoms with Crippen LogP contribution in [-0.2, 0) is 6.54 Å². The first-order valence-electron chi connectivity index (χ1n) is 6.40. The number of benzene rings is 1. The van der Waals surface area contributed by atoms with E-state index in [-0.39, 0.29) is 5.75 Å². The van der Waals surface area contributed by atoms with Crippen LogP contribution in [0.1, 0.15) is 5.56 Å². The number of nitrogens with zero attached hydrogens (tertiary/aromatic N) is 3. The van der Waals surface area contributed by atoms with Crippen LogP contribution in [0.25, 0.3) is 5.82 Å². The zero-order valence-corrected chi connectivity index (χ0v) is 11.1. The SMILES string of the molecule is Oc1cc(F)cc(CNc2cccnc2-n2cccn2)c1. The molecule has 6 heteroatoms. The first-order valence-corrected chi connectivity index (χ1v) is 6.40. The van der Waals surface area contributed by atoms with E-state index in [0.29, 0.717) is 17.9 Å². The quantitative estimate of drug-likeness (QED) is 0.773. The summed E-state index contributed by atoms with van der Waals surface area (Å²) in [5.41, 5.74) is 1.41. The van der Waals surface area contributed by atoms with Crippen molar-refractivity contribution in [3.05, 3.63) is 66.4 Å². The standard InChI is InChI=1S/C15H13FN4O/c16-12-7-11(8-13(21)9-12)10-18-14-3-1-4-17-15(14)20-6-2-5-19-20/h1-9,18,21H,10H2. The van der Waals surface area contributed by atoms with Crippen LogP contribution in [0.4, 0.5) is 10.1 Å².